The maximum atomic E-state index is 2.42. The van der Waals surface area contributed by atoms with Gasteiger partial charge >= 0.3 is 0 Å². The van der Waals surface area contributed by atoms with E-state index in [1.54, 1.807) is 0 Å². The highest BCUT2D eigenvalue weighted by atomic mass is 15.0. The molecule has 11 rings (SSSR count). The molecule has 0 aliphatic heterocycles. The number of aromatic nitrogens is 3. The Balaban J connectivity index is 1.09. The Hall–Kier alpha value is -6.84. The predicted molar refractivity (Wildman–Crippen MR) is 220 cm³/mol. The Kier molecular flexibility index (Phi) is 6.17. The van der Waals surface area contributed by atoms with E-state index in [0.717, 1.165) is 11.4 Å². The predicted octanol–water partition coefficient (Wildman–Crippen LogP) is 13.0. The Labute approximate surface area is 300 Å². The van der Waals surface area contributed by atoms with Gasteiger partial charge in [-0.3, -0.25) is 0 Å². The average molecular weight is 664 g/mol. The monoisotopic (exact) mass is 663 g/mol. The van der Waals surface area contributed by atoms with Crippen molar-refractivity contribution in [1.29, 1.82) is 0 Å². The van der Waals surface area contributed by atoms with Crippen molar-refractivity contribution in [1.82, 2.24) is 13.7 Å². The molecule has 0 spiro atoms. The van der Waals surface area contributed by atoms with Crippen LogP contribution in [0.5, 0.6) is 0 Å². The summed E-state index contributed by atoms with van der Waals surface area (Å²) in [4.78, 5) is 0. The van der Waals surface area contributed by atoms with Gasteiger partial charge in [0.1, 0.15) is 0 Å². The number of aryl methyl sites for hydroxylation is 1. The number of benzene rings is 8. The second-order valence-corrected chi connectivity index (χ2v) is 13.9. The van der Waals surface area contributed by atoms with Gasteiger partial charge in [-0.05, 0) is 102 Å². The fourth-order valence-electron chi connectivity index (χ4n) is 8.60. The molecular formula is C49H33N3. The normalized spacial score (nSPS) is 11.9. The number of nitrogens with zero attached hydrogens (tertiary/aromatic N) is 3. The van der Waals surface area contributed by atoms with Crippen molar-refractivity contribution in [3.63, 3.8) is 0 Å². The fourth-order valence-corrected chi connectivity index (χ4v) is 8.60. The fraction of sp³-hybridized carbons (Fsp3) is 0.0204. The van der Waals surface area contributed by atoms with Gasteiger partial charge in [-0.1, -0.05) is 103 Å². The van der Waals surface area contributed by atoms with E-state index in [0.29, 0.717) is 0 Å². The molecule has 244 valence electrons. The number of hydrogen-bond donors (Lipinski definition) is 0. The smallest absolute Gasteiger partial charge is 0.0541 e. The van der Waals surface area contributed by atoms with Crippen LogP contribution in [0.2, 0.25) is 0 Å². The van der Waals surface area contributed by atoms with Gasteiger partial charge in [-0.25, -0.2) is 0 Å². The summed E-state index contributed by atoms with van der Waals surface area (Å²) in [5, 5.41) is 7.56. The minimum atomic E-state index is 1.14. The van der Waals surface area contributed by atoms with Crippen LogP contribution in [0.1, 0.15) is 5.56 Å². The van der Waals surface area contributed by atoms with Crippen LogP contribution in [0, 0.1) is 6.92 Å². The summed E-state index contributed by atoms with van der Waals surface area (Å²) in [5.41, 5.74) is 14.4. The van der Waals surface area contributed by atoms with Crippen LogP contribution < -0.4 is 0 Å². The third-order valence-corrected chi connectivity index (χ3v) is 10.9. The third kappa shape index (κ3) is 4.20. The molecule has 0 atom stereocenters. The summed E-state index contributed by atoms with van der Waals surface area (Å²) in [7, 11) is 0. The number of rotatable bonds is 4. The van der Waals surface area contributed by atoms with Crippen molar-refractivity contribution >= 4 is 65.4 Å². The highest BCUT2D eigenvalue weighted by Crippen LogP contribution is 2.39. The summed E-state index contributed by atoms with van der Waals surface area (Å²) in [5.74, 6) is 0. The summed E-state index contributed by atoms with van der Waals surface area (Å²) in [6.07, 6.45) is 0. The molecule has 0 saturated heterocycles. The van der Waals surface area contributed by atoms with Crippen LogP contribution in [-0.2, 0) is 0 Å². The molecule has 52 heavy (non-hydrogen) atoms. The lowest BCUT2D eigenvalue weighted by Crippen LogP contribution is -1.98. The lowest BCUT2D eigenvalue weighted by atomic mass is 10.0. The minimum Gasteiger partial charge on any atom is -0.309 e. The molecule has 0 aliphatic rings. The molecule has 0 fully saturated rings. The van der Waals surface area contributed by atoms with Crippen molar-refractivity contribution in [2.45, 2.75) is 6.92 Å². The third-order valence-electron chi connectivity index (χ3n) is 10.9. The summed E-state index contributed by atoms with van der Waals surface area (Å²) >= 11 is 0. The summed E-state index contributed by atoms with van der Waals surface area (Å²) in [6.45, 7) is 2.16. The highest BCUT2D eigenvalue weighted by Gasteiger charge is 2.17. The van der Waals surface area contributed by atoms with Crippen LogP contribution >= 0.6 is 0 Å². The van der Waals surface area contributed by atoms with E-state index in [-0.39, 0.29) is 0 Å². The van der Waals surface area contributed by atoms with Gasteiger partial charge in [0.25, 0.3) is 0 Å². The topological polar surface area (TPSA) is 14.8 Å². The zero-order valence-corrected chi connectivity index (χ0v) is 28.7. The SMILES string of the molecule is Cc1cccc(-n2c3ccccc3c3cc(-c4ccc5c(c4)c4ccccc4n5-c4cccc(-n5c6ccccc6c6ccccc65)c4)ccc32)c1. The van der Waals surface area contributed by atoms with Crippen LogP contribution in [-0.4, -0.2) is 13.7 Å². The van der Waals surface area contributed by atoms with E-state index < -0.39 is 0 Å². The van der Waals surface area contributed by atoms with Crippen molar-refractivity contribution < 1.29 is 0 Å². The molecule has 11 aromatic rings. The second kappa shape index (κ2) is 11.1. The molecule has 0 amide bonds. The van der Waals surface area contributed by atoms with Gasteiger partial charge in [0.15, 0.2) is 0 Å². The minimum absolute atomic E-state index is 1.14. The molecule has 0 radical (unpaired) electrons. The van der Waals surface area contributed by atoms with Gasteiger partial charge in [0.05, 0.1) is 33.1 Å². The van der Waals surface area contributed by atoms with Gasteiger partial charge in [0, 0.05) is 49.4 Å². The van der Waals surface area contributed by atoms with E-state index in [1.807, 2.05) is 0 Å². The van der Waals surface area contributed by atoms with E-state index >= 15 is 0 Å². The van der Waals surface area contributed by atoms with Gasteiger partial charge in [-0.2, -0.15) is 0 Å². The van der Waals surface area contributed by atoms with E-state index in [2.05, 4.69) is 203 Å². The molecular weight excluding hydrogens is 631 g/mol. The Morgan fingerprint density at radius 2 is 0.615 bits per heavy atom. The first-order chi connectivity index (χ1) is 25.7. The molecule has 0 bridgehead atoms. The number of para-hydroxylation sites is 4. The highest BCUT2D eigenvalue weighted by molar-refractivity contribution is 6.13. The maximum absolute atomic E-state index is 2.42. The van der Waals surface area contributed by atoms with Crippen molar-refractivity contribution in [2.24, 2.45) is 0 Å². The standard InChI is InChI=1S/C49H33N3/c1-32-12-10-13-35(28-32)50-46-22-8-4-18-40(46)42-29-33(24-26-48(42)50)34-25-27-49-43(30-34)41-19-5-9-23-47(41)52(49)37-15-11-14-36(31-37)51-44-20-6-2-16-38(44)39-17-3-7-21-45(39)51/h2-31H,1H3. The zero-order chi connectivity index (χ0) is 34.3. The van der Waals surface area contributed by atoms with E-state index in [4.69, 9.17) is 0 Å². The molecule has 3 heterocycles. The van der Waals surface area contributed by atoms with Gasteiger partial charge < -0.3 is 13.7 Å². The van der Waals surface area contributed by atoms with Gasteiger partial charge in [-0.15, -0.1) is 0 Å². The van der Waals surface area contributed by atoms with Crippen molar-refractivity contribution in [3.8, 4) is 28.2 Å². The number of fused-ring (bicyclic) bond motifs is 9. The van der Waals surface area contributed by atoms with Crippen molar-refractivity contribution in [3.05, 3.63) is 188 Å². The molecule has 0 saturated carbocycles. The van der Waals surface area contributed by atoms with Gasteiger partial charge in [0.2, 0.25) is 0 Å². The first kappa shape index (κ1) is 28.9. The molecule has 3 aromatic heterocycles. The average Bonchev–Trinajstić information content (AvgIpc) is 3.83. The Morgan fingerprint density at radius 1 is 0.269 bits per heavy atom. The molecule has 0 N–H and O–H groups in total. The largest absolute Gasteiger partial charge is 0.309 e. The van der Waals surface area contributed by atoms with E-state index in [9.17, 15) is 0 Å². The Morgan fingerprint density at radius 3 is 1.04 bits per heavy atom. The lowest BCUT2D eigenvalue weighted by Gasteiger charge is -2.13. The zero-order valence-electron chi connectivity index (χ0n) is 28.7. The molecule has 0 aliphatic carbocycles. The lowest BCUT2D eigenvalue weighted by molar-refractivity contribution is 1.13. The molecule has 0 unspecified atom stereocenters. The van der Waals surface area contributed by atoms with Crippen LogP contribution in [0.3, 0.4) is 0 Å². The molecule has 3 heteroatoms. The quantitative estimate of drug-likeness (QED) is 0.178. The number of hydrogen-bond acceptors (Lipinski definition) is 0. The van der Waals surface area contributed by atoms with Crippen LogP contribution in [0.15, 0.2) is 182 Å². The molecule has 8 aromatic carbocycles. The second-order valence-electron chi connectivity index (χ2n) is 13.9. The Bertz CT molecular complexity index is 3150. The first-order valence-electron chi connectivity index (χ1n) is 17.9. The van der Waals surface area contributed by atoms with Crippen LogP contribution in [0.4, 0.5) is 0 Å². The van der Waals surface area contributed by atoms with Crippen molar-refractivity contribution in [2.75, 3.05) is 0 Å². The first-order valence-corrected chi connectivity index (χ1v) is 17.9. The summed E-state index contributed by atoms with van der Waals surface area (Å²) < 4.78 is 7.21. The summed E-state index contributed by atoms with van der Waals surface area (Å²) in [6, 6.07) is 66.6. The maximum Gasteiger partial charge on any atom is 0.0541 e. The van der Waals surface area contributed by atoms with E-state index in [1.165, 1.54) is 87.8 Å². The van der Waals surface area contributed by atoms with Crippen LogP contribution in [0.25, 0.3) is 93.6 Å². The molecule has 3 nitrogen and oxygen atoms in total.